The molecule has 2 aromatic rings. The monoisotopic (exact) mass is 289 g/mol. The fourth-order valence-corrected chi connectivity index (χ4v) is 2.11. The molecule has 0 aliphatic carbocycles. The number of nitrogens with zero attached hydrogens (tertiary/aromatic N) is 2. The van der Waals surface area contributed by atoms with Crippen LogP contribution in [-0.2, 0) is 6.54 Å². The van der Waals surface area contributed by atoms with E-state index in [1.807, 2.05) is 6.92 Å². The van der Waals surface area contributed by atoms with Crippen molar-refractivity contribution in [1.82, 2.24) is 14.9 Å². The highest BCUT2D eigenvalue weighted by Gasteiger charge is 2.17. The van der Waals surface area contributed by atoms with Crippen molar-refractivity contribution in [2.75, 3.05) is 21.3 Å². The molecule has 1 N–H and O–H groups in total. The lowest BCUT2D eigenvalue weighted by molar-refractivity contribution is 0.0781. The van der Waals surface area contributed by atoms with E-state index in [1.165, 1.54) is 0 Å². The molecule has 0 radical (unpaired) electrons. The van der Waals surface area contributed by atoms with E-state index in [4.69, 9.17) is 9.47 Å². The predicted molar refractivity (Wildman–Crippen MR) is 78.7 cm³/mol. The summed E-state index contributed by atoms with van der Waals surface area (Å²) in [6.45, 7) is 2.29. The van der Waals surface area contributed by atoms with Crippen LogP contribution in [-0.4, -0.2) is 42.0 Å². The fraction of sp³-hybridized carbons (Fsp3) is 0.333. The highest BCUT2D eigenvalue weighted by molar-refractivity contribution is 5.95. The van der Waals surface area contributed by atoms with Crippen LogP contribution in [0.5, 0.6) is 11.5 Å². The molecule has 1 amide bonds. The molecule has 0 atom stereocenters. The third-order valence-corrected chi connectivity index (χ3v) is 3.29. The van der Waals surface area contributed by atoms with Crippen LogP contribution < -0.4 is 9.47 Å². The zero-order valence-electron chi connectivity index (χ0n) is 12.6. The number of hydrogen-bond acceptors (Lipinski definition) is 4. The summed E-state index contributed by atoms with van der Waals surface area (Å²) in [6.07, 6.45) is 3.39. The molecule has 0 saturated heterocycles. The molecule has 0 unspecified atom stereocenters. The quantitative estimate of drug-likeness (QED) is 0.914. The Bertz CT molecular complexity index is 598. The van der Waals surface area contributed by atoms with E-state index < -0.39 is 0 Å². The van der Waals surface area contributed by atoms with Crippen molar-refractivity contribution in [1.29, 1.82) is 0 Å². The molecule has 0 aliphatic heterocycles. The van der Waals surface area contributed by atoms with Gasteiger partial charge in [0.25, 0.3) is 5.91 Å². The average molecular weight is 289 g/mol. The maximum absolute atomic E-state index is 12.5. The van der Waals surface area contributed by atoms with Crippen molar-refractivity contribution in [3.8, 4) is 11.5 Å². The molecule has 2 rings (SSSR count). The van der Waals surface area contributed by atoms with E-state index in [2.05, 4.69) is 9.97 Å². The zero-order chi connectivity index (χ0) is 15.4. The number of H-pyrrole nitrogens is 1. The van der Waals surface area contributed by atoms with Crippen molar-refractivity contribution in [2.45, 2.75) is 13.5 Å². The summed E-state index contributed by atoms with van der Waals surface area (Å²) in [6, 6.07) is 3.44. The van der Waals surface area contributed by atoms with E-state index >= 15 is 0 Å². The lowest BCUT2D eigenvalue weighted by atomic mass is 10.1. The van der Waals surface area contributed by atoms with Gasteiger partial charge in [-0.15, -0.1) is 0 Å². The highest BCUT2D eigenvalue weighted by Crippen LogP contribution is 2.29. The number of aromatic amines is 1. The van der Waals surface area contributed by atoms with E-state index in [0.717, 1.165) is 11.4 Å². The number of aromatic nitrogens is 2. The fourth-order valence-electron chi connectivity index (χ4n) is 2.11. The first-order chi connectivity index (χ1) is 10.1. The topological polar surface area (TPSA) is 67.5 Å². The lowest BCUT2D eigenvalue weighted by Gasteiger charge is -2.18. The first kappa shape index (κ1) is 14.9. The second-order valence-corrected chi connectivity index (χ2v) is 4.70. The van der Waals surface area contributed by atoms with Gasteiger partial charge in [-0.3, -0.25) is 4.79 Å². The van der Waals surface area contributed by atoms with Gasteiger partial charge in [0.15, 0.2) is 0 Å². The van der Waals surface area contributed by atoms with Crippen molar-refractivity contribution < 1.29 is 14.3 Å². The van der Waals surface area contributed by atoms with Gasteiger partial charge < -0.3 is 19.4 Å². The van der Waals surface area contributed by atoms with Crippen molar-refractivity contribution in [2.24, 2.45) is 0 Å². The lowest BCUT2D eigenvalue weighted by Crippen LogP contribution is -2.26. The SMILES string of the molecule is COc1cc(C(=O)N(C)Cc2ncc[nH]2)cc(OC)c1C. The van der Waals surface area contributed by atoms with Crippen LogP contribution in [0, 0.1) is 6.92 Å². The largest absolute Gasteiger partial charge is 0.496 e. The Balaban J connectivity index is 2.26. The molecule has 6 nitrogen and oxygen atoms in total. The Morgan fingerprint density at radius 3 is 2.38 bits per heavy atom. The Morgan fingerprint density at radius 1 is 1.29 bits per heavy atom. The van der Waals surface area contributed by atoms with Gasteiger partial charge in [-0.05, 0) is 19.1 Å². The van der Waals surface area contributed by atoms with Crippen LogP contribution in [0.15, 0.2) is 24.5 Å². The molecule has 0 fully saturated rings. The van der Waals surface area contributed by atoms with Gasteiger partial charge in [-0.2, -0.15) is 0 Å². The van der Waals surface area contributed by atoms with Crippen LogP contribution in [0.4, 0.5) is 0 Å². The molecule has 112 valence electrons. The average Bonchev–Trinajstić information content (AvgIpc) is 2.99. The van der Waals surface area contributed by atoms with Gasteiger partial charge in [-0.25, -0.2) is 4.98 Å². The molecule has 21 heavy (non-hydrogen) atoms. The van der Waals surface area contributed by atoms with Gasteiger partial charge in [0, 0.05) is 30.6 Å². The third-order valence-electron chi connectivity index (χ3n) is 3.29. The number of carbonyl (C=O) groups excluding carboxylic acids is 1. The van der Waals surface area contributed by atoms with E-state index in [1.54, 1.807) is 50.7 Å². The second-order valence-electron chi connectivity index (χ2n) is 4.70. The molecule has 0 saturated carbocycles. The van der Waals surface area contributed by atoms with Crippen LogP contribution in [0.2, 0.25) is 0 Å². The first-order valence-electron chi connectivity index (χ1n) is 6.53. The van der Waals surface area contributed by atoms with Crippen LogP contribution >= 0.6 is 0 Å². The predicted octanol–water partition coefficient (Wildman–Crippen LogP) is 2.01. The van der Waals surface area contributed by atoms with Crippen LogP contribution in [0.3, 0.4) is 0 Å². The first-order valence-corrected chi connectivity index (χ1v) is 6.53. The molecule has 1 heterocycles. The van der Waals surface area contributed by atoms with Crippen molar-refractivity contribution in [3.63, 3.8) is 0 Å². The summed E-state index contributed by atoms with van der Waals surface area (Å²) in [5.74, 6) is 1.87. The van der Waals surface area contributed by atoms with Crippen LogP contribution in [0.1, 0.15) is 21.7 Å². The van der Waals surface area contributed by atoms with Crippen molar-refractivity contribution >= 4 is 5.91 Å². The maximum Gasteiger partial charge on any atom is 0.254 e. The zero-order valence-corrected chi connectivity index (χ0v) is 12.6. The Hall–Kier alpha value is -2.50. The third kappa shape index (κ3) is 3.16. The van der Waals surface area contributed by atoms with E-state index in [9.17, 15) is 4.79 Å². The smallest absolute Gasteiger partial charge is 0.254 e. The van der Waals surface area contributed by atoms with Gasteiger partial charge in [0.2, 0.25) is 0 Å². The second kappa shape index (κ2) is 6.30. The minimum atomic E-state index is -0.122. The highest BCUT2D eigenvalue weighted by atomic mass is 16.5. The number of amides is 1. The van der Waals surface area contributed by atoms with E-state index in [-0.39, 0.29) is 5.91 Å². The molecule has 0 aliphatic rings. The number of methoxy groups -OCH3 is 2. The molecule has 1 aromatic heterocycles. The summed E-state index contributed by atoms with van der Waals surface area (Å²) in [4.78, 5) is 21.2. The molecule has 0 spiro atoms. The number of imidazole rings is 1. The minimum Gasteiger partial charge on any atom is -0.496 e. The van der Waals surface area contributed by atoms with Gasteiger partial charge in [-0.1, -0.05) is 0 Å². The number of hydrogen-bond donors (Lipinski definition) is 1. The van der Waals surface area contributed by atoms with Crippen LogP contribution in [0.25, 0.3) is 0 Å². The minimum absolute atomic E-state index is 0.122. The Kier molecular flexibility index (Phi) is 4.47. The molecule has 6 heteroatoms. The van der Waals surface area contributed by atoms with Gasteiger partial charge in [0.1, 0.15) is 17.3 Å². The maximum atomic E-state index is 12.5. The number of carbonyl (C=O) groups is 1. The summed E-state index contributed by atoms with van der Waals surface area (Å²) < 4.78 is 10.6. The Labute approximate surface area is 123 Å². The summed E-state index contributed by atoms with van der Waals surface area (Å²) >= 11 is 0. The summed E-state index contributed by atoms with van der Waals surface area (Å²) in [7, 11) is 4.87. The van der Waals surface area contributed by atoms with Gasteiger partial charge >= 0.3 is 0 Å². The molecule has 1 aromatic carbocycles. The molecular weight excluding hydrogens is 270 g/mol. The molecular formula is C15H19N3O3. The number of nitrogens with one attached hydrogen (secondary N) is 1. The Morgan fingerprint density at radius 2 is 1.90 bits per heavy atom. The normalized spacial score (nSPS) is 10.3. The molecule has 0 bridgehead atoms. The van der Waals surface area contributed by atoms with E-state index in [0.29, 0.717) is 23.6 Å². The number of benzene rings is 1. The number of ether oxygens (including phenoxy) is 2. The summed E-state index contributed by atoms with van der Waals surface area (Å²) in [5, 5.41) is 0. The van der Waals surface area contributed by atoms with Gasteiger partial charge in [0.05, 0.1) is 20.8 Å². The summed E-state index contributed by atoms with van der Waals surface area (Å²) in [5.41, 5.74) is 1.38. The standard InChI is InChI=1S/C15H19N3O3/c1-10-12(20-3)7-11(8-13(10)21-4)15(19)18(2)9-14-16-5-6-17-14/h5-8H,9H2,1-4H3,(H,16,17). The van der Waals surface area contributed by atoms with Crippen molar-refractivity contribution in [3.05, 3.63) is 41.5 Å². The number of rotatable bonds is 5.